The molecule has 0 unspecified atom stereocenters. The summed E-state index contributed by atoms with van der Waals surface area (Å²) in [7, 11) is 0. The highest BCUT2D eigenvalue weighted by Gasteiger charge is 2.15. The number of hydrogen-bond acceptors (Lipinski definition) is 4. The van der Waals surface area contributed by atoms with E-state index in [4.69, 9.17) is 5.73 Å². The number of pyridine rings is 1. The summed E-state index contributed by atoms with van der Waals surface area (Å²) in [5.74, 6) is -0.168. The van der Waals surface area contributed by atoms with E-state index in [1.807, 2.05) is 54.6 Å². The van der Waals surface area contributed by atoms with Crippen molar-refractivity contribution < 1.29 is 4.79 Å². The number of fused-ring (bicyclic) bond motifs is 1. The summed E-state index contributed by atoms with van der Waals surface area (Å²) in [6, 6.07) is 17.8. The van der Waals surface area contributed by atoms with Crippen molar-refractivity contribution in [2.75, 3.05) is 13.1 Å². The number of nitrogens with two attached hydrogens (primary N) is 1. The highest BCUT2D eigenvalue weighted by atomic mass is 79.9. The van der Waals surface area contributed by atoms with Crippen LogP contribution >= 0.6 is 27.7 Å². The number of aromatic nitrogens is 1. The Morgan fingerprint density at radius 3 is 2.68 bits per heavy atom. The topological polar surface area (TPSA) is 68.0 Å². The third-order valence-electron chi connectivity index (χ3n) is 3.61. The molecule has 3 N–H and O–H groups in total. The van der Waals surface area contributed by atoms with E-state index in [-0.39, 0.29) is 5.91 Å². The predicted octanol–water partition coefficient (Wildman–Crippen LogP) is 4.23. The van der Waals surface area contributed by atoms with Crippen molar-refractivity contribution in [3.8, 4) is 0 Å². The van der Waals surface area contributed by atoms with Gasteiger partial charge >= 0.3 is 0 Å². The minimum atomic E-state index is -0.168. The van der Waals surface area contributed by atoms with Gasteiger partial charge < -0.3 is 11.1 Å². The molecule has 128 valence electrons. The lowest BCUT2D eigenvalue weighted by molar-refractivity contribution is 0.0945. The molecule has 6 heteroatoms. The molecule has 0 radical (unpaired) electrons. The summed E-state index contributed by atoms with van der Waals surface area (Å²) in [5, 5.41) is 3.91. The first-order valence-corrected chi connectivity index (χ1v) is 9.60. The van der Waals surface area contributed by atoms with Gasteiger partial charge in [-0.2, -0.15) is 0 Å². The van der Waals surface area contributed by atoms with E-state index >= 15 is 0 Å². The fourth-order valence-electron chi connectivity index (χ4n) is 2.35. The molecular weight excluding hydrogens is 398 g/mol. The average Bonchev–Trinajstić information content (AvgIpc) is 2.63. The van der Waals surface area contributed by atoms with E-state index < -0.39 is 0 Å². The average molecular weight is 416 g/mol. The maximum atomic E-state index is 12.6. The summed E-state index contributed by atoms with van der Waals surface area (Å²) in [6.45, 7) is 1.10. The van der Waals surface area contributed by atoms with Gasteiger partial charge in [0.2, 0.25) is 0 Å². The zero-order valence-corrected chi connectivity index (χ0v) is 15.9. The number of para-hydroxylation sites is 1. The molecule has 1 amide bonds. The van der Waals surface area contributed by atoms with Crippen LogP contribution in [-0.2, 0) is 0 Å². The lowest BCUT2D eigenvalue weighted by Crippen LogP contribution is -2.27. The fourth-order valence-corrected chi connectivity index (χ4v) is 3.57. The Morgan fingerprint density at radius 2 is 1.92 bits per heavy atom. The summed E-state index contributed by atoms with van der Waals surface area (Å²) >= 11 is 4.98. The number of rotatable bonds is 6. The second-order valence-corrected chi connectivity index (χ2v) is 7.51. The van der Waals surface area contributed by atoms with Gasteiger partial charge in [-0.25, -0.2) is 4.98 Å². The van der Waals surface area contributed by atoms with Gasteiger partial charge in [-0.3, -0.25) is 4.79 Å². The van der Waals surface area contributed by atoms with E-state index in [1.165, 1.54) is 11.8 Å². The van der Waals surface area contributed by atoms with Gasteiger partial charge in [0.05, 0.1) is 5.52 Å². The Hall–Kier alpha value is -1.89. The number of hydrogen-bond donors (Lipinski definition) is 2. The van der Waals surface area contributed by atoms with Crippen LogP contribution in [0, 0.1) is 0 Å². The highest BCUT2D eigenvalue weighted by Crippen LogP contribution is 2.32. The number of nitrogens with one attached hydrogen (secondary N) is 1. The molecule has 3 aromatic rings. The lowest BCUT2D eigenvalue weighted by atomic mass is 10.2. The zero-order chi connectivity index (χ0) is 17.6. The number of carbonyl (C=O) groups is 1. The van der Waals surface area contributed by atoms with Gasteiger partial charge in [0.15, 0.2) is 0 Å². The molecule has 0 aliphatic carbocycles. The number of carbonyl (C=O) groups excluding carboxylic acids is 1. The fraction of sp³-hybridized carbons (Fsp3) is 0.158. The molecular formula is C19H18BrN3OS. The Labute approximate surface area is 159 Å². The van der Waals surface area contributed by atoms with Gasteiger partial charge in [-0.1, -0.05) is 45.9 Å². The number of amides is 1. The molecule has 0 saturated heterocycles. The van der Waals surface area contributed by atoms with Crippen molar-refractivity contribution in [2.45, 2.75) is 16.2 Å². The van der Waals surface area contributed by atoms with Crippen LogP contribution in [0.15, 0.2) is 68.9 Å². The molecule has 25 heavy (non-hydrogen) atoms. The second kappa shape index (κ2) is 8.47. The molecule has 3 rings (SSSR count). The molecule has 2 aromatic carbocycles. The molecule has 1 aromatic heterocycles. The van der Waals surface area contributed by atoms with Crippen LogP contribution < -0.4 is 11.1 Å². The molecule has 0 spiro atoms. The Kier molecular flexibility index (Phi) is 6.07. The SMILES string of the molecule is NCCCNC(=O)c1nc2ccccc2cc1Sc1ccc(Br)cc1. The third kappa shape index (κ3) is 4.60. The van der Waals surface area contributed by atoms with Gasteiger partial charge in [-0.15, -0.1) is 0 Å². The first kappa shape index (κ1) is 17.9. The zero-order valence-electron chi connectivity index (χ0n) is 13.5. The van der Waals surface area contributed by atoms with Crippen LogP contribution in [0.2, 0.25) is 0 Å². The minimum absolute atomic E-state index is 0.168. The molecule has 0 bridgehead atoms. The number of benzene rings is 2. The van der Waals surface area contributed by atoms with Crippen LogP contribution in [-0.4, -0.2) is 24.0 Å². The normalized spacial score (nSPS) is 10.8. The second-order valence-electron chi connectivity index (χ2n) is 5.48. The lowest BCUT2D eigenvalue weighted by Gasteiger charge is -2.11. The Bertz CT molecular complexity index is 883. The first-order chi connectivity index (χ1) is 12.2. The van der Waals surface area contributed by atoms with Crippen molar-refractivity contribution >= 4 is 44.5 Å². The van der Waals surface area contributed by atoms with Crippen molar-refractivity contribution in [1.82, 2.24) is 10.3 Å². The van der Waals surface area contributed by atoms with Gasteiger partial charge in [0.1, 0.15) is 5.69 Å². The molecule has 1 heterocycles. The first-order valence-electron chi connectivity index (χ1n) is 7.99. The monoisotopic (exact) mass is 415 g/mol. The quantitative estimate of drug-likeness (QED) is 0.591. The summed E-state index contributed by atoms with van der Waals surface area (Å²) < 4.78 is 1.02. The molecule has 0 fully saturated rings. The van der Waals surface area contributed by atoms with Crippen LogP contribution in [0.25, 0.3) is 10.9 Å². The summed E-state index contributed by atoms with van der Waals surface area (Å²) in [4.78, 5) is 19.1. The smallest absolute Gasteiger partial charge is 0.271 e. The maximum absolute atomic E-state index is 12.6. The minimum Gasteiger partial charge on any atom is -0.351 e. The molecule has 4 nitrogen and oxygen atoms in total. The largest absolute Gasteiger partial charge is 0.351 e. The standard InChI is InChI=1S/C19H18BrN3OS/c20-14-6-8-15(9-7-14)25-17-12-13-4-1-2-5-16(13)23-18(17)19(24)22-11-3-10-21/h1-2,4-9,12H,3,10-11,21H2,(H,22,24). The van der Waals surface area contributed by atoms with Gasteiger partial charge in [0, 0.05) is 26.2 Å². The third-order valence-corrected chi connectivity index (χ3v) is 5.18. The van der Waals surface area contributed by atoms with E-state index in [1.54, 1.807) is 0 Å². The van der Waals surface area contributed by atoms with Crippen LogP contribution in [0.4, 0.5) is 0 Å². The van der Waals surface area contributed by atoms with E-state index in [0.717, 1.165) is 31.6 Å². The van der Waals surface area contributed by atoms with Crippen molar-refractivity contribution in [3.05, 3.63) is 64.8 Å². The molecule has 0 aliphatic heterocycles. The highest BCUT2D eigenvalue weighted by molar-refractivity contribution is 9.10. The summed E-state index contributed by atoms with van der Waals surface area (Å²) in [6.07, 6.45) is 0.745. The molecule has 0 aliphatic rings. The van der Waals surface area contributed by atoms with E-state index in [9.17, 15) is 4.79 Å². The van der Waals surface area contributed by atoms with E-state index in [2.05, 4.69) is 26.2 Å². The Morgan fingerprint density at radius 1 is 1.16 bits per heavy atom. The van der Waals surface area contributed by atoms with Crippen molar-refractivity contribution in [1.29, 1.82) is 0 Å². The summed E-state index contributed by atoms with van der Waals surface area (Å²) in [5.41, 5.74) is 6.76. The predicted molar refractivity (Wildman–Crippen MR) is 106 cm³/mol. The van der Waals surface area contributed by atoms with Gasteiger partial charge in [-0.05, 0) is 49.4 Å². The van der Waals surface area contributed by atoms with Crippen molar-refractivity contribution in [2.24, 2.45) is 5.73 Å². The molecule has 0 atom stereocenters. The molecule has 0 saturated carbocycles. The van der Waals surface area contributed by atoms with Gasteiger partial charge in [0.25, 0.3) is 5.91 Å². The number of halogens is 1. The van der Waals surface area contributed by atoms with E-state index in [0.29, 0.717) is 18.8 Å². The maximum Gasteiger partial charge on any atom is 0.271 e. The van der Waals surface area contributed by atoms with Crippen molar-refractivity contribution in [3.63, 3.8) is 0 Å². The van der Waals surface area contributed by atoms with Crippen LogP contribution in [0.5, 0.6) is 0 Å². The number of nitrogens with zero attached hydrogens (tertiary/aromatic N) is 1. The van der Waals surface area contributed by atoms with Crippen LogP contribution in [0.3, 0.4) is 0 Å². The Balaban J connectivity index is 1.96. The van der Waals surface area contributed by atoms with Crippen LogP contribution in [0.1, 0.15) is 16.9 Å².